The molecule has 0 saturated carbocycles. The Morgan fingerprint density at radius 1 is 1.39 bits per heavy atom. The third-order valence-electron chi connectivity index (χ3n) is 2.72. The zero-order valence-electron chi connectivity index (χ0n) is 11.8. The molecule has 0 aliphatic carbocycles. The lowest BCUT2D eigenvalue weighted by atomic mass is 10.0. The minimum absolute atomic E-state index is 0.472. The number of hydrogen-bond donors (Lipinski definition) is 2. The van der Waals surface area contributed by atoms with Gasteiger partial charge in [0.2, 0.25) is 0 Å². The van der Waals surface area contributed by atoms with Crippen molar-refractivity contribution in [3.05, 3.63) is 23.8 Å². The summed E-state index contributed by atoms with van der Waals surface area (Å²) in [6.45, 7) is 5.69. The highest BCUT2D eigenvalue weighted by Crippen LogP contribution is 2.34. The number of hydrogen-bond acceptors (Lipinski definition) is 4. The minimum Gasteiger partial charge on any atom is -0.496 e. The molecule has 1 unspecified atom stereocenters. The quantitative estimate of drug-likeness (QED) is 0.842. The van der Waals surface area contributed by atoms with E-state index in [4.69, 9.17) is 4.74 Å². The van der Waals surface area contributed by atoms with Crippen LogP contribution in [0.2, 0.25) is 0 Å². The summed E-state index contributed by atoms with van der Waals surface area (Å²) < 4.78 is 5.28. The molecule has 0 saturated heterocycles. The van der Waals surface area contributed by atoms with E-state index in [2.05, 4.69) is 0 Å². The fourth-order valence-electron chi connectivity index (χ4n) is 2.13. The second-order valence-corrected chi connectivity index (χ2v) is 5.24. The van der Waals surface area contributed by atoms with Gasteiger partial charge in [-0.1, -0.05) is 6.07 Å². The molecular formula is C14H23NO3. The van der Waals surface area contributed by atoms with Gasteiger partial charge in [0, 0.05) is 24.8 Å². The molecule has 0 heterocycles. The van der Waals surface area contributed by atoms with Crippen molar-refractivity contribution < 1.29 is 14.9 Å². The number of nitrogens with zero attached hydrogens (tertiary/aromatic N) is 1. The Hall–Kier alpha value is -1.26. The first kappa shape index (κ1) is 14.8. The topological polar surface area (TPSA) is 52.9 Å². The Labute approximate surface area is 109 Å². The van der Waals surface area contributed by atoms with E-state index in [0.717, 1.165) is 11.3 Å². The number of anilines is 1. The molecule has 0 radical (unpaired) electrons. The summed E-state index contributed by atoms with van der Waals surface area (Å²) in [5.41, 5.74) is 0.812. The van der Waals surface area contributed by atoms with E-state index in [9.17, 15) is 10.2 Å². The van der Waals surface area contributed by atoms with Crippen LogP contribution in [-0.2, 0) is 0 Å². The summed E-state index contributed by atoms with van der Waals surface area (Å²) in [5, 5.41) is 19.8. The van der Waals surface area contributed by atoms with Gasteiger partial charge in [0.05, 0.1) is 18.8 Å². The van der Waals surface area contributed by atoms with E-state index in [1.165, 1.54) is 0 Å². The zero-order valence-corrected chi connectivity index (χ0v) is 11.8. The van der Waals surface area contributed by atoms with Gasteiger partial charge in [-0.2, -0.15) is 0 Å². The molecule has 0 aliphatic heterocycles. The van der Waals surface area contributed by atoms with Crippen molar-refractivity contribution in [3.8, 4) is 5.75 Å². The lowest BCUT2D eigenvalue weighted by Gasteiger charge is -2.30. The molecule has 0 aliphatic rings. The largest absolute Gasteiger partial charge is 0.496 e. The summed E-state index contributed by atoms with van der Waals surface area (Å²) >= 11 is 0. The van der Waals surface area contributed by atoms with E-state index in [1.54, 1.807) is 27.9 Å². The van der Waals surface area contributed by atoms with Crippen LogP contribution in [0, 0.1) is 0 Å². The van der Waals surface area contributed by atoms with E-state index in [0.29, 0.717) is 12.3 Å². The third-order valence-corrected chi connectivity index (χ3v) is 2.72. The van der Waals surface area contributed by atoms with E-state index < -0.39 is 11.7 Å². The van der Waals surface area contributed by atoms with Crippen LogP contribution in [0.5, 0.6) is 5.75 Å². The maximum atomic E-state index is 9.89. The van der Waals surface area contributed by atoms with Crippen molar-refractivity contribution in [1.29, 1.82) is 0 Å². The van der Waals surface area contributed by atoms with Gasteiger partial charge in [-0.3, -0.25) is 0 Å². The van der Waals surface area contributed by atoms with Crippen LogP contribution in [0.3, 0.4) is 0 Å². The molecular weight excluding hydrogens is 230 g/mol. The van der Waals surface area contributed by atoms with Gasteiger partial charge in [-0.05, 0) is 32.9 Å². The molecule has 4 heteroatoms. The fraction of sp³-hybridized carbons (Fsp3) is 0.571. The molecule has 1 aromatic carbocycles. The Kier molecular flexibility index (Phi) is 4.59. The summed E-state index contributed by atoms with van der Waals surface area (Å²) in [4.78, 5) is 1.92. The van der Waals surface area contributed by atoms with Crippen LogP contribution in [0.1, 0.15) is 32.4 Å². The Morgan fingerprint density at radius 2 is 2.00 bits per heavy atom. The molecule has 102 valence electrons. The van der Waals surface area contributed by atoms with Crippen molar-refractivity contribution in [2.75, 3.05) is 25.6 Å². The first-order valence-electron chi connectivity index (χ1n) is 6.04. The first-order valence-corrected chi connectivity index (χ1v) is 6.04. The number of rotatable bonds is 5. The van der Waals surface area contributed by atoms with Crippen LogP contribution < -0.4 is 9.64 Å². The van der Waals surface area contributed by atoms with Gasteiger partial charge in [-0.25, -0.2) is 0 Å². The highest BCUT2D eigenvalue weighted by atomic mass is 16.5. The molecule has 0 spiro atoms. The highest BCUT2D eigenvalue weighted by molar-refractivity contribution is 5.60. The molecule has 0 bridgehead atoms. The average molecular weight is 253 g/mol. The Balaban J connectivity index is 3.15. The number of aliphatic hydroxyl groups is 2. The van der Waals surface area contributed by atoms with Crippen molar-refractivity contribution in [3.63, 3.8) is 0 Å². The van der Waals surface area contributed by atoms with E-state index in [1.807, 2.05) is 30.1 Å². The van der Waals surface area contributed by atoms with Crippen LogP contribution in [0.4, 0.5) is 5.69 Å². The number of ether oxygens (including phenoxy) is 1. The van der Waals surface area contributed by atoms with Gasteiger partial charge in [0.1, 0.15) is 5.75 Å². The van der Waals surface area contributed by atoms with Crippen LogP contribution >= 0.6 is 0 Å². The second-order valence-electron chi connectivity index (χ2n) is 5.24. The van der Waals surface area contributed by atoms with Gasteiger partial charge in [-0.15, -0.1) is 0 Å². The van der Waals surface area contributed by atoms with E-state index >= 15 is 0 Å². The lowest BCUT2D eigenvalue weighted by Crippen LogP contribution is -2.36. The Morgan fingerprint density at radius 3 is 2.44 bits per heavy atom. The van der Waals surface area contributed by atoms with Crippen molar-refractivity contribution >= 4 is 5.69 Å². The predicted molar refractivity (Wildman–Crippen MR) is 73.2 cm³/mol. The predicted octanol–water partition coefficient (Wildman–Crippen LogP) is 1.96. The van der Waals surface area contributed by atoms with Crippen LogP contribution in [0.15, 0.2) is 18.2 Å². The molecule has 0 aromatic heterocycles. The molecule has 18 heavy (non-hydrogen) atoms. The number of aliphatic hydroxyl groups excluding tert-OH is 1. The molecule has 1 atom stereocenters. The van der Waals surface area contributed by atoms with Crippen molar-refractivity contribution in [1.82, 2.24) is 0 Å². The zero-order chi connectivity index (χ0) is 13.9. The van der Waals surface area contributed by atoms with E-state index in [-0.39, 0.29) is 0 Å². The number of benzene rings is 1. The molecule has 2 N–H and O–H groups in total. The second kappa shape index (κ2) is 5.59. The first-order chi connectivity index (χ1) is 8.26. The van der Waals surface area contributed by atoms with Crippen molar-refractivity contribution in [2.24, 2.45) is 0 Å². The third kappa shape index (κ3) is 3.62. The smallest absolute Gasteiger partial charge is 0.126 e. The van der Waals surface area contributed by atoms with Gasteiger partial charge in [0.15, 0.2) is 0 Å². The van der Waals surface area contributed by atoms with Crippen LogP contribution in [0.25, 0.3) is 0 Å². The summed E-state index contributed by atoms with van der Waals surface area (Å²) in [7, 11) is 3.47. The van der Waals surface area contributed by atoms with Gasteiger partial charge in [0.25, 0.3) is 0 Å². The maximum absolute atomic E-state index is 9.89. The molecule has 0 amide bonds. The molecule has 1 rings (SSSR count). The normalized spacial score (nSPS) is 13.3. The molecule has 4 nitrogen and oxygen atoms in total. The number of likely N-dealkylation sites (N-methyl/N-ethyl adjacent to an activating group) is 1. The molecule has 0 fully saturated rings. The fourth-order valence-corrected chi connectivity index (χ4v) is 2.13. The van der Waals surface area contributed by atoms with Crippen LogP contribution in [-0.4, -0.2) is 36.5 Å². The highest BCUT2D eigenvalue weighted by Gasteiger charge is 2.21. The standard InChI is InChI=1S/C14H23NO3/c1-10(16)13-11(7-6-8-12(13)18-5)15(4)9-14(2,3)17/h6-8,10,16-17H,9H2,1-5H3. The van der Waals surface area contributed by atoms with Gasteiger partial charge >= 0.3 is 0 Å². The minimum atomic E-state index is -0.798. The maximum Gasteiger partial charge on any atom is 0.126 e. The SMILES string of the molecule is COc1cccc(N(C)CC(C)(C)O)c1C(C)O. The lowest BCUT2D eigenvalue weighted by molar-refractivity contribution is 0.0884. The Bertz CT molecular complexity index is 397. The summed E-state index contributed by atoms with van der Waals surface area (Å²) in [5.74, 6) is 0.657. The number of methoxy groups -OCH3 is 1. The summed E-state index contributed by atoms with van der Waals surface area (Å²) in [6, 6.07) is 5.61. The molecule has 1 aromatic rings. The summed E-state index contributed by atoms with van der Waals surface area (Å²) in [6.07, 6.45) is -0.625. The van der Waals surface area contributed by atoms with Gasteiger partial charge < -0.3 is 19.8 Å². The monoisotopic (exact) mass is 253 g/mol. The van der Waals surface area contributed by atoms with Crippen molar-refractivity contribution in [2.45, 2.75) is 32.5 Å². The average Bonchev–Trinajstić information content (AvgIpc) is 2.25.